The highest BCUT2D eigenvalue weighted by Gasteiger charge is 2.24. The largest absolute Gasteiger partial charge is 0.507 e. The maximum atomic E-state index is 12.0. The number of aromatic hydroxyl groups is 1. The molecule has 0 spiro atoms. The Hall–Kier alpha value is -8.93. The van der Waals surface area contributed by atoms with Crippen LogP contribution < -0.4 is 34.0 Å². The van der Waals surface area contributed by atoms with Gasteiger partial charge in [-0.2, -0.15) is 0 Å². The number of H-pyrrole nitrogens is 1. The molecule has 0 unspecified atom stereocenters. The van der Waals surface area contributed by atoms with Crippen LogP contribution in [0, 0.1) is 0 Å². The lowest BCUT2D eigenvalue weighted by atomic mass is 10.1. The number of halogens is 2. The van der Waals surface area contributed by atoms with Gasteiger partial charge in [0.05, 0.1) is 81.9 Å². The zero-order valence-corrected chi connectivity index (χ0v) is 42.5. The van der Waals surface area contributed by atoms with E-state index in [1.165, 1.54) is 34.5 Å². The first-order chi connectivity index (χ1) is 35.8. The Kier molecular flexibility index (Phi) is 20.7. The number of rotatable bonds is 9. The van der Waals surface area contributed by atoms with E-state index in [-0.39, 0.29) is 54.0 Å². The van der Waals surface area contributed by atoms with Crippen molar-refractivity contribution in [1.29, 1.82) is 0 Å². The van der Waals surface area contributed by atoms with Gasteiger partial charge >= 0.3 is 11.9 Å². The number of hydrogen-bond acceptors (Lipinski definition) is 15. The highest BCUT2D eigenvalue weighted by atomic mass is 35.5. The molecule has 0 radical (unpaired) electrons. The molecular weight excluding hydrogens is 1010 g/mol. The number of para-hydroxylation sites is 5. The SMILES string of the molecule is C.CCOC(=O)c1c(OC)nc2ccccc2c1OC.COc1cc(OC)c2ccccc2n1.COc1nc2ccccc2c(OC)c1C(=O)O.Clc1cc(Cl)c2ccccc2n1.O=c1cc(O)c2ccccc2[nH]1. The minimum Gasteiger partial charge on any atom is -0.507 e. The van der Waals surface area contributed by atoms with Crippen LogP contribution in [0.2, 0.25) is 10.2 Å². The Morgan fingerprint density at radius 3 is 1.52 bits per heavy atom. The lowest BCUT2D eigenvalue weighted by Gasteiger charge is -2.13. The number of carbonyl (C=O) groups excluding carboxylic acids is 1. The van der Waals surface area contributed by atoms with Crippen molar-refractivity contribution >= 4 is 89.7 Å². The quantitative estimate of drug-likeness (QED) is 0.0903. The predicted molar refractivity (Wildman–Crippen MR) is 292 cm³/mol. The van der Waals surface area contributed by atoms with Gasteiger partial charge in [0, 0.05) is 39.1 Å². The minimum absolute atomic E-state index is 0. The molecule has 0 bridgehead atoms. The number of aromatic carboxylic acids is 1. The molecule has 10 aromatic rings. The molecule has 10 rings (SSSR count). The number of methoxy groups -OCH3 is 6. The molecule has 19 heteroatoms. The molecule has 0 saturated carbocycles. The van der Waals surface area contributed by atoms with Crippen molar-refractivity contribution in [3.63, 3.8) is 0 Å². The van der Waals surface area contributed by atoms with E-state index >= 15 is 0 Å². The summed E-state index contributed by atoms with van der Waals surface area (Å²) in [4.78, 5) is 53.6. The molecule has 0 aliphatic heterocycles. The van der Waals surface area contributed by atoms with Gasteiger partial charge in [0.1, 0.15) is 28.2 Å². The van der Waals surface area contributed by atoms with Crippen molar-refractivity contribution in [2.45, 2.75) is 14.4 Å². The van der Waals surface area contributed by atoms with Gasteiger partial charge < -0.3 is 48.4 Å². The maximum Gasteiger partial charge on any atom is 0.347 e. The number of carboxylic acid groups (broad SMARTS) is 1. The summed E-state index contributed by atoms with van der Waals surface area (Å²) in [5.74, 6) is 0.677. The van der Waals surface area contributed by atoms with Crippen LogP contribution in [0.4, 0.5) is 0 Å². The number of fused-ring (bicyclic) bond motifs is 5. The van der Waals surface area contributed by atoms with E-state index in [0.29, 0.717) is 49.1 Å². The van der Waals surface area contributed by atoms with Gasteiger partial charge in [0.25, 0.3) is 5.56 Å². The fourth-order valence-electron chi connectivity index (χ4n) is 7.29. The summed E-state index contributed by atoms with van der Waals surface area (Å²) < 4.78 is 36.0. The van der Waals surface area contributed by atoms with Gasteiger partial charge in [-0.3, -0.25) is 4.79 Å². The van der Waals surface area contributed by atoms with E-state index in [9.17, 15) is 19.5 Å². The Morgan fingerprint density at radius 1 is 0.547 bits per heavy atom. The summed E-state index contributed by atoms with van der Waals surface area (Å²) in [7, 11) is 9.00. The van der Waals surface area contributed by atoms with Crippen molar-refractivity contribution in [2.24, 2.45) is 0 Å². The third kappa shape index (κ3) is 13.8. The second kappa shape index (κ2) is 27.2. The molecule has 17 nitrogen and oxygen atoms in total. The number of pyridine rings is 5. The van der Waals surface area contributed by atoms with Gasteiger partial charge in [-0.1, -0.05) is 97.4 Å². The van der Waals surface area contributed by atoms with Crippen molar-refractivity contribution in [3.05, 3.63) is 171 Å². The third-order valence-electron chi connectivity index (χ3n) is 10.6. The summed E-state index contributed by atoms with van der Waals surface area (Å²) in [5, 5.41) is 23.6. The molecule has 5 aromatic carbocycles. The lowest BCUT2D eigenvalue weighted by molar-refractivity contribution is 0.0517. The van der Waals surface area contributed by atoms with Crippen LogP contribution in [0.3, 0.4) is 0 Å². The highest BCUT2D eigenvalue weighted by molar-refractivity contribution is 6.37. The summed E-state index contributed by atoms with van der Waals surface area (Å²) >= 11 is 11.7. The van der Waals surface area contributed by atoms with Crippen molar-refractivity contribution < 1.29 is 53.0 Å². The minimum atomic E-state index is -1.13. The van der Waals surface area contributed by atoms with E-state index in [4.69, 9.17) is 61.5 Å². The second-order valence-electron chi connectivity index (χ2n) is 15.0. The molecule has 0 aliphatic rings. The van der Waals surface area contributed by atoms with Crippen LogP contribution in [0.1, 0.15) is 35.1 Å². The average Bonchev–Trinajstić information content (AvgIpc) is 3.42. The first-order valence-electron chi connectivity index (χ1n) is 22.2. The molecule has 3 N–H and O–H groups in total. The van der Waals surface area contributed by atoms with Crippen LogP contribution >= 0.6 is 23.2 Å². The van der Waals surface area contributed by atoms with Gasteiger partial charge in [0.2, 0.25) is 17.6 Å². The van der Waals surface area contributed by atoms with Gasteiger partial charge in [0.15, 0.2) is 11.1 Å². The maximum absolute atomic E-state index is 12.0. The molecule has 0 saturated heterocycles. The fraction of sp³-hybridized carbons (Fsp3) is 0.161. The number of aromatic nitrogens is 5. The summed E-state index contributed by atoms with van der Waals surface area (Å²) in [6.45, 7) is 2.02. The molecule has 0 amide bonds. The van der Waals surface area contributed by atoms with E-state index in [0.717, 1.165) is 32.9 Å². The smallest absolute Gasteiger partial charge is 0.347 e. The Labute approximate surface area is 441 Å². The number of nitrogens with one attached hydrogen (secondary N) is 1. The number of carbonyl (C=O) groups is 2. The zero-order valence-electron chi connectivity index (χ0n) is 41.0. The number of benzene rings is 5. The number of carboxylic acids is 1. The molecular formula is C56H53Cl2N5O12. The molecule has 0 fully saturated rings. The van der Waals surface area contributed by atoms with E-state index in [2.05, 4.69) is 24.9 Å². The van der Waals surface area contributed by atoms with E-state index in [1.807, 2.05) is 78.9 Å². The molecule has 5 aromatic heterocycles. The van der Waals surface area contributed by atoms with Crippen molar-refractivity contribution in [2.75, 3.05) is 49.3 Å². The van der Waals surface area contributed by atoms with Crippen LogP contribution in [-0.2, 0) is 4.74 Å². The van der Waals surface area contributed by atoms with E-state index in [1.54, 1.807) is 75.7 Å². The summed E-state index contributed by atoms with van der Waals surface area (Å²) in [6, 6.07) is 41.6. The fourth-order valence-corrected chi connectivity index (χ4v) is 7.81. The van der Waals surface area contributed by atoms with Crippen LogP contribution in [0.25, 0.3) is 54.5 Å². The number of aromatic amines is 1. The standard InChI is InChI=1S/C14H15NO4.C12H11NO4.C11H11NO2.C9H5Cl2N.C9H7NO2.CH4/c1-4-19-14(16)11-12(17-2)9-7-5-6-8-10(9)15-13(11)18-3;1-16-10-7-5-3-4-6-8(7)13-11(17-2)9(10)12(14)15;1-13-10-7-11(14-2)12-9-6-4-3-5-8(9)10;10-7-5-9(11)12-8-4-2-1-3-6(7)8;11-8-5-9(12)10-7-4-2-1-3-6(7)8;/h5-8H,4H2,1-3H3;3-6H,1-2H3,(H,14,15);3-7H,1-2H3;1-5H;1-5H,(H2,10,11,12);1H4. The van der Waals surface area contributed by atoms with Crippen molar-refractivity contribution in [3.8, 4) is 40.6 Å². The van der Waals surface area contributed by atoms with Gasteiger partial charge in [-0.25, -0.2) is 29.5 Å². The van der Waals surface area contributed by atoms with Crippen LogP contribution in [0.5, 0.6) is 40.6 Å². The lowest BCUT2D eigenvalue weighted by Crippen LogP contribution is -2.10. The zero-order chi connectivity index (χ0) is 53.3. The van der Waals surface area contributed by atoms with Gasteiger partial charge in [-0.15, -0.1) is 0 Å². The van der Waals surface area contributed by atoms with E-state index < -0.39 is 11.9 Å². The topological polar surface area (TPSA) is 224 Å². The predicted octanol–water partition coefficient (Wildman–Crippen LogP) is 12.0. The van der Waals surface area contributed by atoms with Crippen LogP contribution in [0.15, 0.2) is 144 Å². The Balaban J connectivity index is 0.000000175. The summed E-state index contributed by atoms with van der Waals surface area (Å²) in [5.41, 5.74) is 3.56. The van der Waals surface area contributed by atoms with Crippen LogP contribution in [-0.4, -0.2) is 96.3 Å². The Bertz CT molecular complexity index is 3650. The number of nitrogens with zero attached hydrogens (tertiary/aromatic N) is 4. The Morgan fingerprint density at radius 2 is 1.01 bits per heavy atom. The number of ether oxygens (including phenoxy) is 7. The highest BCUT2D eigenvalue weighted by Crippen LogP contribution is 2.36. The summed E-state index contributed by atoms with van der Waals surface area (Å²) in [6.07, 6.45) is 0. The first-order valence-corrected chi connectivity index (χ1v) is 23.0. The molecule has 75 heavy (non-hydrogen) atoms. The van der Waals surface area contributed by atoms with Gasteiger partial charge in [-0.05, 0) is 67.6 Å². The third-order valence-corrected chi connectivity index (χ3v) is 11.1. The number of esters is 1. The molecule has 0 aliphatic carbocycles. The molecule has 388 valence electrons. The normalized spacial score (nSPS) is 10.1. The van der Waals surface area contributed by atoms with Crippen molar-refractivity contribution in [1.82, 2.24) is 24.9 Å². The number of hydrogen-bond donors (Lipinski definition) is 3. The molecule has 5 heterocycles. The first kappa shape index (κ1) is 57.0. The average molecular weight is 1060 g/mol. The monoisotopic (exact) mass is 1060 g/mol. The second-order valence-corrected chi connectivity index (χ2v) is 15.8. The molecule has 0 atom stereocenters.